The Morgan fingerprint density at radius 2 is 1.58 bits per heavy atom. The number of hydrogen-bond acceptors (Lipinski definition) is 3. The SMILES string of the molecule is O=C(CN(Cc1ccc(Cl)cc1Cl)S(=O)(=O)c1ccc(Cl)cc1)Nc1ccccc1F. The molecular weight excluding hydrogens is 486 g/mol. The molecule has 5 nitrogen and oxygen atoms in total. The molecule has 10 heteroatoms. The summed E-state index contributed by atoms with van der Waals surface area (Å²) in [6, 6.07) is 15.7. The summed E-state index contributed by atoms with van der Waals surface area (Å²) in [4.78, 5) is 12.5. The van der Waals surface area contributed by atoms with Gasteiger partial charge >= 0.3 is 0 Å². The molecule has 162 valence electrons. The van der Waals surface area contributed by atoms with Crippen molar-refractivity contribution in [3.8, 4) is 0 Å². The first-order chi connectivity index (χ1) is 14.7. The van der Waals surface area contributed by atoms with Crippen LogP contribution in [0.1, 0.15) is 5.56 Å². The highest BCUT2D eigenvalue weighted by molar-refractivity contribution is 7.89. The molecule has 0 saturated heterocycles. The lowest BCUT2D eigenvalue weighted by Crippen LogP contribution is -2.37. The van der Waals surface area contributed by atoms with E-state index in [1.807, 2.05) is 0 Å². The molecule has 0 bridgehead atoms. The number of carbonyl (C=O) groups excluding carboxylic acids is 1. The Balaban J connectivity index is 1.92. The minimum Gasteiger partial charge on any atom is -0.322 e. The maximum absolute atomic E-state index is 13.9. The van der Waals surface area contributed by atoms with Gasteiger partial charge < -0.3 is 5.32 Å². The van der Waals surface area contributed by atoms with E-state index in [0.29, 0.717) is 15.6 Å². The van der Waals surface area contributed by atoms with E-state index in [1.165, 1.54) is 48.5 Å². The fraction of sp³-hybridized carbons (Fsp3) is 0.0952. The van der Waals surface area contributed by atoms with E-state index in [1.54, 1.807) is 18.2 Å². The minimum atomic E-state index is -4.11. The van der Waals surface area contributed by atoms with Gasteiger partial charge in [0.25, 0.3) is 0 Å². The summed E-state index contributed by atoms with van der Waals surface area (Å²) in [5.74, 6) is -1.35. The molecule has 0 fully saturated rings. The van der Waals surface area contributed by atoms with Crippen molar-refractivity contribution in [2.45, 2.75) is 11.4 Å². The van der Waals surface area contributed by atoms with E-state index in [2.05, 4.69) is 5.32 Å². The number of nitrogens with one attached hydrogen (secondary N) is 1. The van der Waals surface area contributed by atoms with Crippen molar-refractivity contribution in [3.05, 3.63) is 93.2 Å². The van der Waals surface area contributed by atoms with Crippen molar-refractivity contribution in [3.63, 3.8) is 0 Å². The van der Waals surface area contributed by atoms with E-state index < -0.39 is 28.3 Å². The van der Waals surface area contributed by atoms with Crippen LogP contribution in [0.15, 0.2) is 71.6 Å². The smallest absolute Gasteiger partial charge is 0.243 e. The summed E-state index contributed by atoms with van der Waals surface area (Å²) in [7, 11) is -4.11. The maximum atomic E-state index is 13.9. The van der Waals surface area contributed by atoms with E-state index in [-0.39, 0.29) is 22.2 Å². The molecule has 0 saturated carbocycles. The van der Waals surface area contributed by atoms with Gasteiger partial charge in [0, 0.05) is 21.6 Å². The molecule has 0 aliphatic carbocycles. The fourth-order valence-corrected chi connectivity index (χ4v) is 4.70. The number of nitrogens with zero attached hydrogens (tertiary/aromatic N) is 1. The van der Waals surface area contributed by atoms with Crippen molar-refractivity contribution in [1.82, 2.24) is 4.31 Å². The summed E-state index contributed by atoms with van der Waals surface area (Å²) in [6.45, 7) is -0.774. The zero-order valence-corrected chi connectivity index (χ0v) is 18.9. The monoisotopic (exact) mass is 500 g/mol. The lowest BCUT2D eigenvalue weighted by Gasteiger charge is -2.22. The van der Waals surface area contributed by atoms with E-state index in [4.69, 9.17) is 34.8 Å². The van der Waals surface area contributed by atoms with Crippen molar-refractivity contribution in [2.75, 3.05) is 11.9 Å². The van der Waals surface area contributed by atoms with Crippen LogP contribution in [0.25, 0.3) is 0 Å². The Morgan fingerprint density at radius 3 is 2.23 bits per heavy atom. The number of amides is 1. The summed E-state index contributed by atoms with van der Waals surface area (Å²) in [6.07, 6.45) is 0. The third-order valence-electron chi connectivity index (χ3n) is 4.28. The highest BCUT2D eigenvalue weighted by Gasteiger charge is 2.28. The van der Waals surface area contributed by atoms with Crippen LogP contribution >= 0.6 is 34.8 Å². The fourth-order valence-electron chi connectivity index (χ4n) is 2.73. The normalized spacial score (nSPS) is 11.5. The molecule has 1 amide bonds. The topological polar surface area (TPSA) is 66.5 Å². The molecule has 0 atom stereocenters. The zero-order valence-electron chi connectivity index (χ0n) is 15.9. The first-order valence-electron chi connectivity index (χ1n) is 8.91. The van der Waals surface area contributed by atoms with Gasteiger partial charge in [-0.1, -0.05) is 53.0 Å². The Morgan fingerprint density at radius 1 is 0.935 bits per heavy atom. The van der Waals surface area contributed by atoms with Gasteiger partial charge in [-0.15, -0.1) is 0 Å². The highest BCUT2D eigenvalue weighted by Crippen LogP contribution is 2.26. The van der Waals surface area contributed by atoms with Crippen LogP contribution in [0.3, 0.4) is 0 Å². The number of carbonyl (C=O) groups is 1. The molecule has 0 spiro atoms. The molecule has 3 aromatic carbocycles. The quantitative estimate of drug-likeness (QED) is 0.457. The van der Waals surface area contributed by atoms with Gasteiger partial charge in [-0.25, -0.2) is 12.8 Å². The Hall–Kier alpha value is -2.16. The second kappa shape index (κ2) is 9.97. The van der Waals surface area contributed by atoms with Gasteiger partial charge in [0.05, 0.1) is 17.1 Å². The predicted molar refractivity (Wildman–Crippen MR) is 121 cm³/mol. The number of anilines is 1. The average Bonchev–Trinajstić information content (AvgIpc) is 2.71. The first kappa shape index (κ1) is 23.5. The van der Waals surface area contributed by atoms with Gasteiger partial charge in [-0.05, 0) is 54.1 Å². The summed E-state index contributed by atoms with van der Waals surface area (Å²) in [5, 5.41) is 3.39. The van der Waals surface area contributed by atoms with Crippen molar-refractivity contribution < 1.29 is 17.6 Å². The van der Waals surface area contributed by atoms with Gasteiger partial charge in [0.2, 0.25) is 15.9 Å². The highest BCUT2D eigenvalue weighted by atomic mass is 35.5. The molecule has 0 unspecified atom stereocenters. The standard InChI is InChI=1S/C21H16Cl3FN2O3S/c22-15-7-9-17(10-8-15)31(29,30)27(12-14-5-6-16(23)11-18(14)24)13-21(28)26-20-4-2-1-3-19(20)25/h1-11H,12-13H2,(H,26,28). The summed E-state index contributed by atoms with van der Waals surface area (Å²) < 4.78 is 41.3. The molecular formula is C21H16Cl3FN2O3S. The summed E-state index contributed by atoms with van der Waals surface area (Å²) in [5.41, 5.74) is 0.392. The summed E-state index contributed by atoms with van der Waals surface area (Å²) >= 11 is 18.0. The molecule has 0 aromatic heterocycles. The zero-order chi connectivity index (χ0) is 22.6. The molecule has 0 aliphatic rings. The average molecular weight is 502 g/mol. The van der Waals surface area contributed by atoms with Crippen LogP contribution in [-0.4, -0.2) is 25.2 Å². The number of sulfonamides is 1. The van der Waals surface area contributed by atoms with Gasteiger partial charge in [-0.2, -0.15) is 4.31 Å². The van der Waals surface area contributed by atoms with Crippen LogP contribution in [0.4, 0.5) is 10.1 Å². The van der Waals surface area contributed by atoms with Crippen LogP contribution in [0, 0.1) is 5.82 Å². The third kappa shape index (κ3) is 5.96. The number of hydrogen-bond donors (Lipinski definition) is 1. The first-order valence-corrected chi connectivity index (χ1v) is 11.5. The van der Waals surface area contributed by atoms with E-state index >= 15 is 0 Å². The molecule has 0 aliphatic heterocycles. The predicted octanol–water partition coefficient (Wildman–Crippen LogP) is 5.62. The lowest BCUT2D eigenvalue weighted by molar-refractivity contribution is -0.116. The third-order valence-corrected chi connectivity index (χ3v) is 6.93. The van der Waals surface area contributed by atoms with E-state index in [9.17, 15) is 17.6 Å². The van der Waals surface area contributed by atoms with Crippen LogP contribution in [0.5, 0.6) is 0 Å². The molecule has 1 N–H and O–H groups in total. The van der Waals surface area contributed by atoms with Crippen molar-refractivity contribution in [2.24, 2.45) is 0 Å². The number of halogens is 4. The molecule has 3 aromatic rings. The van der Waals surface area contributed by atoms with Gasteiger partial charge in [-0.3, -0.25) is 4.79 Å². The molecule has 0 heterocycles. The van der Waals surface area contributed by atoms with Crippen LogP contribution in [0.2, 0.25) is 15.1 Å². The van der Waals surface area contributed by atoms with Gasteiger partial charge in [0.15, 0.2) is 0 Å². The largest absolute Gasteiger partial charge is 0.322 e. The van der Waals surface area contributed by atoms with Gasteiger partial charge in [0.1, 0.15) is 5.82 Å². The Bertz CT molecular complexity index is 1200. The van der Waals surface area contributed by atoms with Crippen LogP contribution in [-0.2, 0) is 21.4 Å². The molecule has 31 heavy (non-hydrogen) atoms. The molecule has 0 radical (unpaired) electrons. The maximum Gasteiger partial charge on any atom is 0.243 e. The van der Waals surface area contributed by atoms with Crippen molar-refractivity contribution >= 4 is 56.4 Å². The van der Waals surface area contributed by atoms with Crippen molar-refractivity contribution in [1.29, 1.82) is 0 Å². The number of para-hydroxylation sites is 1. The Labute approximate surface area is 194 Å². The van der Waals surface area contributed by atoms with Crippen LogP contribution < -0.4 is 5.32 Å². The Kier molecular flexibility index (Phi) is 7.56. The number of benzene rings is 3. The van der Waals surface area contributed by atoms with E-state index in [0.717, 1.165) is 4.31 Å². The second-order valence-corrected chi connectivity index (χ2v) is 9.71. The second-order valence-electron chi connectivity index (χ2n) is 6.49. The minimum absolute atomic E-state index is 0.0548. The molecule has 3 rings (SSSR count). The lowest BCUT2D eigenvalue weighted by atomic mass is 10.2. The number of rotatable bonds is 7.